The standard InChI is InChI=1S/C6H10IN/c1-2(8)3-4-5(3)6(4)7/h2-6H,8H2,1H3. The Morgan fingerprint density at radius 2 is 2.00 bits per heavy atom. The Bertz CT molecular complexity index is 114. The van der Waals surface area contributed by atoms with Crippen LogP contribution in [0.4, 0.5) is 0 Å². The highest BCUT2D eigenvalue weighted by Crippen LogP contribution is 2.72. The minimum atomic E-state index is 0.469. The van der Waals surface area contributed by atoms with Gasteiger partial charge in [0.05, 0.1) is 0 Å². The quantitative estimate of drug-likeness (QED) is 0.521. The summed E-state index contributed by atoms with van der Waals surface area (Å²) in [4.78, 5) is 0. The zero-order valence-electron chi connectivity index (χ0n) is 4.84. The Hall–Kier alpha value is 0.690. The smallest absolute Gasteiger partial charge is 0.0179 e. The number of alkyl halides is 1. The van der Waals surface area contributed by atoms with Gasteiger partial charge in [0.15, 0.2) is 0 Å². The molecule has 0 aromatic heterocycles. The summed E-state index contributed by atoms with van der Waals surface area (Å²) in [6, 6.07) is 0.469. The molecule has 2 heteroatoms. The molecule has 0 aromatic carbocycles. The maximum Gasteiger partial charge on any atom is 0.0179 e. The largest absolute Gasteiger partial charge is 0.328 e. The molecule has 0 spiro atoms. The van der Waals surface area contributed by atoms with Gasteiger partial charge in [-0.05, 0) is 24.7 Å². The van der Waals surface area contributed by atoms with Crippen molar-refractivity contribution in [2.24, 2.45) is 23.5 Å². The molecule has 0 bridgehead atoms. The summed E-state index contributed by atoms with van der Waals surface area (Å²) < 4.78 is 1.00. The van der Waals surface area contributed by atoms with Gasteiger partial charge in [0, 0.05) is 9.97 Å². The third kappa shape index (κ3) is 0.506. The molecule has 2 fully saturated rings. The summed E-state index contributed by atoms with van der Waals surface area (Å²) in [6.45, 7) is 2.13. The maximum atomic E-state index is 5.68. The van der Waals surface area contributed by atoms with Crippen molar-refractivity contribution in [1.82, 2.24) is 0 Å². The summed E-state index contributed by atoms with van der Waals surface area (Å²) in [5.41, 5.74) is 5.68. The van der Waals surface area contributed by atoms with E-state index < -0.39 is 0 Å². The molecular formula is C6H10IN. The minimum absolute atomic E-state index is 0.469. The highest BCUT2D eigenvalue weighted by molar-refractivity contribution is 14.1. The first kappa shape index (κ1) is 5.47. The second-order valence-corrected chi connectivity index (χ2v) is 4.47. The van der Waals surface area contributed by atoms with E-state index in [0.29, 0.717) is 6.04 Å². The molecule has 2 N–H and O–H groups in total. The lowest BCUT2D eigenvalue weighted by atomic mass is 10.1. The lowest BCUT2D eigenvalue weighted by molar-refractivity contribution is 0.527. The molecular weight excluding hydrogens is 213 g/mol. The molecule has 0 aromatic rings. The summed E-state index contributed by atoms with van der Waals surface area (Å²) in [5, 5.41) is 0. The van der Waals surface area contributed by atoms with Crippen LogP contribution in [0.3, 0.4) is 0 Å². The van der Waals surface area contributed by atoms with Gasteiger partial charge in [0.1, 0.15) is 0 Å². The number of hydrogen-bond donors (Lipinski definition) is 1. The minimum Gasteiger partial charge on any atom is -0.328 e. The Labute approximate surface area is 63.2 Å². The summed E-state index contributed by atoms with van der Waals surface area (Å²) in [7, 11) is 0. The Morgan fingerprint density at radius 3 is 2.12 bits per heavy atom. The van der Waals surface area contributed by atoms with E-state index in [1.165, 1.54) is 0 Å². The first-order chi connectivity index (χ1) is 3.73. The predicted molar refractivity (Wildman–Crippen MR) is 41.9 cm³/mol. The zero-order valence-corrected chi connectivity index (χ0v) is 7.00. The number of halogens is 1. The van der Waals surface area contributed by atoms with Crippen LogP contribution in [0.15, 0.2) is 0 Å². The first-order valence-corrected chi connectivity index (χ1v) is 4.37. The summed E-state index contributed by atoms with van der Waals surface area (Å²) in [6.07, 6.45) is 0. The van der Waals surface area contributed by atoms with Crippen molar-refractivity contribution in [2.75, 3.05) is 0 Å². The van der Waals surface area contributed by atoms with Crippen LogP contribution in [0.5, 0.6) is 0 Å². The molecule has 2 rings (SSSR count). The monoisotopic (exact) mass is 223 g/mol. The third-order valence-electron chi connectivity index (χ3n) is 2.39. The van der Waals surface area contributed by atoms with Crippen LogP contribution in [0.1, 0.15) is 6.92 Å². The lowest BCUT2D eigenvalue weighted by Crippen LogP contribution is -2.23. The molecule has 46 valence electrons. The molecule has 0 aliphatic heterocycles. The van der Waals surface area contributed by atoms with Crippen molar-refractivity contribution in [3.63, 3.8) is 0 Å². The number of rotatable bonds is 1. The van der Waals surface area contributed by atoms with E-state index in [1.54, 1.807) is 0 Å². The van der Waals surface area contributed by atoms with Crippen LogP contribution in [-0.4, -0.2) is 9.97 Å². The highest BCUT2D eigenvalue weighted by atomic mass is 127. The molecule has 0 amide bonds. The van der Waals surface area contributed by atoms with Gasteiger partial charge in [-0.1, -0.05) is 22.6 Å². The molecule has 0 heterocycles. The van der Waals surface area contributed by atoms with Crippen LogP contribution >= 0.6 is 22.6 Å². The van der Waals surface area contributed by atoms with Gasteiger partial charge < -0.3 is 5.73 Å². The maximum absolute atomic E-state index is 5.68. The zero-order chi connectivity index (χ0) is 5.89. The number of nitrogens with two attached hydrogens (primary N) is 1. The van der Waals surface area contributed by atoms with Gasteiger partial charge in [0.25, 0.3) is 0 Å². The Kier molecular flexibility index (Phi) is 0.956. The van der Waals surface area contributed by atoms with E-state index >= 15 is 0 Å². The van der Waals surface area contributed by atoms with Crippen LogP contribution in [0.2, 0.25) is 0 Å². The summed E-state index contributed by atoms with van der Waals surface area (Å²) in [5.74, 6) is 2.99. The Morgan fingerprint density at radius 1 is 1.50 bits per heavy atom. The molecule has 2 aliphatic carbocycles. The highest BCUT2D eigenvalue weighted by Gasteiger charge is 2.72. The topological polar surface area (TPSA) is 26.0 Å². The predicted octanol–water partition coefficient (Wildman–Crippen LogP) is 1.01. The van der Waals surface area contributed by atoms with E-state index in [2.05, 4.69) is 29.5 Å². The average Bonchev–Trinajstić information content (AvgIpc) is 2.45. The molecule has 8 heavy (non-hydrogen) atoms. The van der Waals surface area contributed by atoms with Crippen LogP contribution in [0, 0.1) is 17.8 Å². The fraction of sp³-hybridized carbons (Fsp3) is 1.00. The third-order valence-corrected chi connectivity index (χ3v) is 4.05. The van der Waals surface area contributed by atoms with Gasteiger partial charge in [-0.15, -0.1) is 0 Å². The van der Waals surface area contributed by atoms with E-state index in [-0.39, 0.29) is 0 Å². The van der Waals surface area contributed by atoms with Crippen molar-refractivity contribution < 1.29 is 0 Å². The molecule has 2 saturated carbocycles. The van der Waals surface area contributed by atoms with Gasteiger partial charge >= 0.3 is 0 Å². The molecule has 2 aliphatic rings. The molecule has 3 unspecified atom stereocenters. The molecule has 3 atom stereocenters. The molecule has 1 nitrogen and oxygen atoms in total. The van der Waals surface area contributed by atoms with Crippen molar-refractivity contribution >= 4 is 22.6 Å². The normalized spacial score (nSPS) is 61.9. The SMILES string of the molecule is CC(N)C1C2C(I)C12. The van der Waals surface area contributed by atoms with Crippen molar-refractivity contribution in [1.29, 1.82) is 0 Å². The second-order valence-electron chi connectivity index (χ2n) is 3.04. The van der Waals surface area contributed by atoms with Crippen LogP contribution in [0.25, 0.3) is 0 Å². The average molecular weight is 223 g/mol. The fourth-order valence-corrected chi connectivity index (χ4v) is 3.36. The first-order valence-electron chi connectivity index (χ1n) is 3.13. The Balaban J connectivity index is 1.88. The van der Waals surface area contributed by atoms with E-state index in [0.717, 1.165) is 21.7 Å². The second kappa shape index (κ2) is 1.40. The number of hydrogen-bond acceptors (Lipinski definition) is 1. The van der Waals surface area contributed by atoms with Gasteiger partial charge in [-0.25, -0.2) is 0 Å². The van der Waals surface area contributed by atoms with Crippen molar-refractivity contribution in [2.45, 2.75) is 16.9 Å². The molecule has 0 radical (unpaired) electrons. The van der Waals surface area contributed by atoms with Crippen LogP contribution < -0.4 is 5.73 Å². The fourth-order valence-electron chi connectivity index (χ4n) is 1.68. The number of fused-ring (bicyclic) bond motifs is 1. The van der Waals surface area contributed by atoms with Gasteiger partial charge in [0.2, 0.25) is 0 Å². The van der Waals surface area contributed by atoms with E-state index in [4.69, 9.17) is 5.73 Å². The lowest BCUT2D eigenvalue weighted by Gasteiger charge is -2.09. The van der Waals surface area contributed by atoms with Crippen molar-refractivity contribution in [3.05, 3.63) is 0 Å². The van der Waals surface area contributed by atoms with E-state index in [9.17, 15) is 0 Å². The van der Waals surface area contributed by atoms with Crippen molar-refractivity contribution in [3.8, 4) is 0 Å². The molecule has 0 saturated heterocycles. The van der Waals surface area contributed by atoms with Gasteiger partial charge in [-0.2, -0.15) is 0 Å². The summed E-state index contributed by atoms with van der Waals surface area (Å²) >= 11 is 2.52. The van der Waals surface area contributed by atoms with Crippen LogP contribution in [-0.2, 0) is 0 Å². The van der Waals surface area contributed by atoms with Gasteiger partial charge in [-0.3, -0.25) is 0 Å². The van der Waals surface area contributed by atoms with E-state index in [1.807, 2.05) is 0 Å².